The highest BCUT2D eigenvalue weighted by molar-refractivity contribution is 6.02. The molecule has 0 bridgehead atoms. The molecule has 1 spiro atoms. The lowest BCUT2D eigenvalue weighted by Gasteiger charge is -2.17. The van der Waals surface area contributed by atoms with Crippen LogP contribution in [-0.2, 0) is 14.4 Å². The summed E-state index contributed by atoms with van der Waals surface area (Å²) in [6.07, 6.45) is -3.36. The van der Waals surface area contributed by atoms with Crippen LogP contribution in [0.4, 0.5) is 13.2 Å². The molecule has 1 fully saturated rings. The van der Waals surface area contributed by atoms with Crippen molar-refractivity contribution in [2.45, 2.75) is 24.6 Å². The molecule has 1 aromatic rings. The molecule has 7 nitrogen and oxygen atoms in total. The van der Waals surface area contributed by atoms with Crippen molar-refractivity contribution < 1.29 is 42.1 Å². The number of rotatable bonds is 6. The predicted octanol–water partition coefficient (Wildman–Crippen LogP) is 2.37. The van der Waals surface area contributed by atoms with Gasteiger partial charge in [-0.1, -0.05) is 5.16 Å². The molecule has 1 aromatic carbocycles. The minimum absolute atomic E-state index is 0.111. The van der Waals surface area contributed by atoms with E-state index in [-0.39, 0.29) is 11.5 Å². The van der Waals surface area contributed by atoms with E-state index < -0.39 is 31.0 Å². The van der Waals surface area contributed by atoms with Crippen LogP contribution in [-0.4, -0.2) is 55.0 Å². The third-order valence-electron chi connectivity index (χ3n) is 3.93. The van der Waals surface area contributed by atoms with Crippen LogP contribution in [0.3, 0.4) is 0 Å². The third kappa shape index (κ3) is 4.37. The molecule has 0 aromatic heterocycles. The molecular weight excluding hydrogens is 359 g/mol. The minimum atomic E-state index is -4.53. The molecule has 10 heteroatoms. The van der Waals surface area contributed by atoms with Gasteiger partial charge in [0.05, 0.1) is 18.9 Å². The second kappa shape index (κ2) is 7.02. The van der Waals surface area contributed by atoms with Crippen molar-refractivity contribution in [3.8, 4) is 11.5 Å². The largest absolute Gasteiger partial charge is 0.480 e. The number of carboxylic acids is 1. The van der Waals surface area contributed by atoms with E-state index in [9.17, 15) is 18.0 Å². The third-order valence-corrected chi connectivity index (χ3v) is 3.93. The van der Waals surface area contributed by atoms with Gasteiger partial charge < -0.3 is 24.2 Å². The highest BCUT2D eigenvalue weighted by atomic mass is 19.4. The Morgan fingerprint density at radius 1 is 1.31 bits per heavy atom. The lowest BCUT2D eigenvalue weighted by atomic mass is 9.93. The smallest absolute Gasteiger partial charge is 0.422 e. The summed E-state index contributed by atoms with van der Waals surface area (Å²) in [4.78, 5) is 16.2. The molecule has 1 atom stereocenters. The van der Waals surface area contributed by atoms with Crippen LogP contribution in [0.1, 0.15) is 18.4 Å². The zero-order chi connectivity index (χ0) is 18.8. The Bertz CT molecular complexity index is 712. The Morgan fingerprint density at radius 2 is 2.12 bits per heavy atom. The normalized spacial score (nSPS) is 22.2. The fourth-order valence-corrected chi connectivity index (χ4v) is 2.70. The number of halogens is 3. The van der Waals surface area contributed by atoms with Gasteiger partial charge in [-0.15, -0.1) is 0 Å². The number of oxime groups is 1. The first kappa shape index (κ1) is 18.3. The van der Waals surface area contributed by atoms with E-state index in [4.69, 9.17) is 24.2 Å². The molecule has 0 aliphatic carbocycles. The quantitative estimate of drug-likeness (QED) is 0.822. The van der Waals surface area contributed by atoms with Gasteiger partial charge in [0.2, 0.25) is 0 Å². The predicted molar refractivity (Wildman–Crippen MR) is 81.5 cm³/mol. The van der Waals surface area contributed by atoms with Gasteiger partial charge in [0, 0.05) is 18.4 Å². The summed E-state index contributed by atoms with van der Waals surface area (Å²) in [7, 11) is 0. The molecule has 2 aliphatic rings. The SMILES string of the molecule is O=C(O)COc1cc(C2=NOC3(CCOC3)C2)ccc1OCC(F)(F)F. The van der Waals surface area contributed by atoms with Gasteiger partial charge in [-0.25, -0.2) is 4.79 Å². The summed E-state index contributed by atoms with van der Waals surface area (Å²) in [5, 5.41) is 12.8. The van der Waals surface area contributed by atoms with Crippen molar-refractivity contribution in [1.82, 2.24) is 0 Å². The molecule has 0 amide bonds. The molecule has 2 heterocycles. The van der Waals surface area contributed by atoms with Crippen LogP contribution in [0, 0.1) is 0 Å². The van der Waals surface area contributed by atoms with Crippen LogP contribution in [0.15, 0.2) is 23.4 Å². The van der Waals surface area contributed by atoms with Gasteiger partial charge in [0.25, 0.3) is 0 Å². The summed E-state index contributed by atoms with van der Waals surface area (Å²) >= 11 is 0. The topological polar surface area (TPSA) is 86.6 Å². The molecule has 1 unspecified atom stereocenters. The number of alkyl halides is 3. The standard InChI is InChI=1S/C16H16F3NO6/c17-16(18,19)9-25-12-2-1-10(5-13(12)24-7-14(21)22)11-6-15(26-20-11)3-4-23-8-15/h1-2,5H,3-4,6-9H2,(H,21,22). The van der Waals surface area contributed by atoms with Crippen molar-refractivity contribution in [3.05, 3.63) is 23.8 Å². The van der Waals surface area contributed by atoms with E-state index in [0.717, 1.165) is 0 Å². The maximum Gasteiger partial charge on any atom is 0.422 e. The first-order chi connectivity index (χ1) is 12.3. The molecule has 142 valence electrons. The molecule has 26 heavy (non-hydrogen) atoms. The van der Waals surface area contributed by atoms with E-state index in [1.165, 1.54) is 18.2 Å². The number of hydrogen-bond acceptors (Lipinski definition) is 6. The summed E-state index contributed by atoms with van der Waals surface area (Å²) in [6.45, 7) is -1.25. The second-order valence-corrected chi connectivity index (χ2v) is 6.04. The van der Waals surface area contributed by atoms with E-state index in [1.807, 2.05) is 0 Å². The Morgan fingerprint density at radius 3 is 2.77 bits per heavy atom. The number of hydrogen-bond donors (Lipinski definition) is 1. The average molecular weight is 375 g/mol. The van der Waals surface area contributed by atoms with Crippen molar-refractivity contribution in [2.75, 3.05) is 26.4 Å². The number of ether oxygens (including phenoxy) is 3. The molecule has 0 radical (unpaired) electrons. The summed E-state index contributed by atoms with van der Waals surface area (Å²) in [5.74, 6) is -1.58. The van der Waals surface area contributed by atoms with Gasteiger partial charge in [-0.2, -0.15) is 13.2 Å². The number of carbonyl (C=O) groups is 1. The fraction of sp³-hybridized carbons (Fsp3) is 0.500. The highest BCUT2D eigenvalue weighted by Gasteiger charge is 2.43. The van der Waals surface area contributed by atoms with Gasteiger partial charge in [0.1, 0.15) is 0 Å². The highest BCUT2D eigenvalue weighted by Crippen LogP contribution is 2.36. The van der Waals surface area contributed by atoms with Crippen molar-refractivity contribution in [1.29, 1.82) is 0 Å². The summed E-state index contributed by atoms with van der Waals surface area (Å²) in [5.41, 5.74) is 0.620. The molecule has 1 N–H and O–H groups in total. The van der Waals surface area contributed by atoms with E-state index in [0.29, 0.717) is 37.3 Å². The van der Waals surface area contributed by atoms with Gasteiger partial charge in [0.15, 0.2) is 30.3 Å². The summed E-state index contributed by atoms with van der Waals surface area (Å²) < 4.78 is 52.2. The van der Waals surface area contributed by atoms with Crippen molar-refractivity contribution >= 4 is 11.7 Å². The van der Waals surface area contributed by atoms with E-state index in [2.05, 4.69) is 5.16 Å². The van der Waals surface area contributed by atoms with Gasteiger partial charge >= 0.3 is 12.1 Å². The Hall–Kier alpha value is -2.49. The van der Waals surface area contributed by atoms with Crippen LogP contribution in [0.2, 0.25) is 0 Å². The Labute approximate surface area is 146 Å². The van der Waals surface area contributed by atoms with Crippen LogP contribution in [0.5, 0.6) is 11.5 Å². The zero-order valence-corrected chi connectivity index (χ0v) is 13.5. The lowest BCUT2D eigenvalue weighted by Crippen LogP contribution is -2.29. The average Bonchev–Trinajstić information content (AvgIpc) is 3.21. The van der Waals surface area contributed by atoms with Crippen molar-refractivity contribution in [2.24, 2.45) is 5.16 Å². The molecule has 2 aliphatic heterocycles. The number of aliphatic carboxylic acids is 1. The maximum atomic E-state index is 12.4. The van der Waals surface area contributed by atoms with Gasteiger partial charge in [-0.3, -0.25) is 0 Å². The number of nitrogens with zero attached hydrogens (tertiary/aromatic N) is 1. The van der Waals surface area contributed by atoms with E-state index in [1.54, 1.807) is 0 Å². The monoisotopic (exact) mass is 375 g/mol. The zero-order valence-electron chi connectivity index (χ0n) is 13.5. The van der Waals surface area contributed by atoms with Crippen LogP contribution >= 0.6 is 0 Å². The Kier molecular flexibility index (Phi) is 4.94. The number of benzene rings is 1. The first-order valence-electron chi connectivity index (χ1n) is 7.78. The molecule has 0 saturated carbocycles. The lowest BCUT2D eigenvalue weighted by molar-refractivity contribution is -0.154. The molecular formula is C16H16F3NO6. The second-order valence-electron chi connectivity index (χ2n) is 6.04. The van der Waals surface area contributed by atoms with Crippen LogP contribution in [0.25, 0.3) is 0 Å². The maximum absolute atomic E-state index is 12.4. The van der Waals surface area contributed by atoms with Crippen LogP contribution < -0.4 is 9.47 Å². The minimum Gasteiger partial charge on any atom is -0.480 e. The molecule has 1 saturated heterocycles. The first-order valence-corrected chi connectivity index (χ1v) is 7.78. The van der Waals surface area contributed by atoms with Gasteiger partial charge in [-0.05, 0) is 18.2 Å². The number of carboxylic acid groups (broad SMARTS) is 1. The van der Waals surface area contributed by atoms with Crippen molar-refractivity contribution in [3.63, 3.8) is 0 Å². The molecule has 3 rings (SSSR count). The Balaban J connectivity index is 1.78. The summed E-state index contributed by atoms with van der Waals surface area (Å²) in [6, 6.07) is 4.21. The van der Waals surface area contributed by atoms with E-state index >= 15 is 0 Å². The fourth-order valence-electron chi connectivity index (χ4n) is 2.70.